The molecule has 9 heteroatoms. The number of sulfonamides is 1. The maximum absolute atomic E-state index is 12.5. The minimum Gasteiger partial charge on any atom is -0.478 e. The van der Waals surface area contributed by atoms with Crippen molar-refractivity contribution in [3.8, 4) is 0 Å². The van der Waals surface area contributed by atoms with Crippen LogP contribution in [0.5, 0.6) is 0 Å². The molecule has 0 aliphatic carbocycles. The highest BCUT2D eigenvalue weighted by atomic mass is 35.5. The number of halogens is 1. The highest BCUT2D eigenvalue weighted by Crippen LogP contribution is 2.28. The van der Waals surface area contributed by atoms with Gasteiger partial charge in [-0.05, 0) is 25.5 Å². The minimum absolute atomic E-state index is 0.0215. The molecule has 1 aromatic carbocycles. The SMILES string of the molecule is Cc1cccc(NS(=O)(=O)c2c(C)nn(C)c2Cl)c1C(=O)O. The fourth-order valence-corrected chi connectivity index (χ4v) is 3.97. The number of rotatable bonds is 4. The van der Waals surface area contributed by atoms with Crippen molar-refractivity contribution in [1.29, 1.82) is 0 Å². The summed E-state index contributed by atoms with van der Waals surface area (Å²) in [6.45, 7) is 3.10. The number of carboxylic acid groups (broad SMARTS) is 1. The molecule has 0 radical (unpaired) electrons. The molecule has 0 bridgehead atoms. The standard InChI is InChI=1S/C13H14ClN3O4S/c1-7-5-4-6-9(10(7)13(18)19)16-22(20,21)11-8(2)15-17(3)12(11)14/h4-6,16H,1-3H3,(H,18,19). The number of anilines is 1. The van der Waals surface area contributed by atoms with E-state index < -0.39 is 16.0 Å². The van der Waals surface area contributed by atoms with Crippen LogP contribution in [0.3, 0.4) is 0 Å². The molecule has 118 valence electrons. The normalized spacial score (nSPS) is 11.5. The molecular formula is C13H14ClN3O4S. The number of aryl methyl sites for hydroxylation is 3. The minimum atomic E-state index is -4.06. The van der Waals surface area contributed by atoms with E-state index in [0.717, 1.165) is 0 Å². The molecule has 0 saturated heterocycles. The molecule has 0 atom stereocenters. The third kappa shape index (κ3) is 2.79. The van der Waals surface area contributed by atoms with E-state index in [9.17, 15) is 18.3 Å². The van der Waals surface area contributed by atoms with Crippen LogP contribution in [0.4, 0.5) is 5.69 Å². The van der Waals surface area contributed by atoms with E-state index in [0.29, 0.717) is 5.56 Å². The quantitative estimate of drug-likeness (QED) is 0.886. The molecule has 2 rings (SSSR count). The number of aromatic carboxylic acids is 1. The Labute approximate surface area is 132 Å². The Kier molecular flexibility index (Phi) is 4.17. The molecule has 1 heterocycles. The van der Waals surface area contributed by atoms with Crippen molar-refractivity contribution in [2.45, 2.75) is 18.7 Å². The predicted molar refractivity (Wildman–Crippen MR) is 81.9 cm³/mol. The van der Waals surface area contributed by atoms with E-state index >= 15 is 0 Å². The highest BCUT2D eigenvalue weighted by molar-refractivity contribution is 7.92. The predicted octanol–water partition coefficient (Wildman–Crippen LogP) is 2.19. The van der Waals surface area contributed by atoms with Gasteiger partial charge in [-0.1, -0.05) is 23.7 Å². The second kappa shape index (κ2) is 5.62. The van der Waals surface area contributed by atoms with Gasteiger partial charge >= 0.3 is 5.97 Å². The smallest absolute Gasteiger partial charge is 0.338 e. The zero-order valence-electron chi connectivity index (χ0n) is 12.1. The zero-order chi connectivity index (χ0) is 16.7. The number of aromatic nitrogens is 2. The summed E-state index contributed by atoms with van der Waals surface area (Å²) in [5.41, 5.74) is 0.543. The summed E-state index contributed by atoms with van der Waals surface area (Å²) >= 11 is 5.96. The van der Waals surface area contributed by atoms with Gasteiger partial charge < -0.3 is 5.11 Å². The van der Waals surface area contributed by atoms with Gasteiger partial charge in [0, 0.05) is 7.05 Å². The van der Waals surface area contributed by atoms with Crippen LogP contribution >= 0.6 is 11.6 Å². The molecule has 2 aromatic rings. The van der Waals surface area contributed by atoms with Crippen LogP contribution in [-0.2, 0) is 17.1 Å². The molecule has 7 nitrogen and oxygen atoms in total. The fraction of sp³-hybridized carbons (Fsp3) is 0.231. The van der Waals surface area contributed by atoms with Gasteiger partial charge in [0.15, 0.2) is 0 Å². The van der Waals surface area contributed by atoms with E-state index in [1.54, 1.807) is 19.1 Å². The van der Waals surface area contributed by atoms with Crippen LogP contribution in [0.1, 0.15) is 21.6 Å². The Hall–Kier alpha value is -2.06. The van der Waals surface area contributed by atoms with Crippen molar-refractivity contribution < 1.29 is 18.3 Å². The average molecular weight is 344 g/mol. The summed E-state index contributed by atoms with van der Waals surface area (Å²) in [7, 11) is -2.54. The van der Waals surface area contributed by atoms with Crippen LogP contribution in [0.25, 0.3) is 0 Å². The zero-order valence-corrected chi connectivity index (χ0v) is 13.7. The van der Waals surface area contributed by atoms with Gasteiger partial charge in [-0.25, -0.2) is 13.2 Å². The first kappa shape index (κ1) is 16.3. The van der Waals surface area contributed by atoms with Crippen LogP contribution in [-0.4, -0.2) is 29.3 Å². The maximum atomic E-state index is 12.5. The second-order valence-corrected chi connectivity index (χ2v) is 6.71. The monoisotopic (exact) mass is 343 g/mol. The lowest BCUT2D eigenvalue weighted by atomic mass is 10.1. The van der Waals surface area contributed by atoms with E-state index in [2.05, 4.69) is 9.82 Å². The third-order valence-corrected chi connectivity index (χ3v) is 5.16. The molecule has 0 aliphatic heterocycles. The van der Waals surface area contributed by atoms with Gasteiger partial charge in [-0.2, -0.15) is 5.10 Å². The fourth-order valence-electron chi connectivity index (χ4n) is 2.15. The number of hydrogen-bond donors (Lipinski definition) is 2. The highest BCUT2D eigenvalue weighted by Gasteiger charge is 2.27. The molecule has 2 N–H and O–H groups in total. The Balaban J connectivity index is 2.55. The Bertz CT molecular complexity index is 858. The molecule has 22 heavy (non-hydrogen) atoms. The van der Waals surface area contributed by atoms with Gasteiger partial charge in [0.1, 0.15) is 10.0 Å². The van der Waals surface area contributed by atoms with Gasteiger partial charge in [-0.15, -0.1) is 0 Å². The molecule has 0 spiro atoms. The van der Waals surface area contributed by atoms with Crippen molar-refractivity contribution in [1.82, 2.24) is 9.78 Å². The first-order valence-electron chi connectivity index (χ1n) is 6.20. The lowest BCUT2D eigenvalue weighted by molar-refractivity contribution is 0.0697. The Morgan fingerprint density at radius 3 is 2.50 bits per heavy atom. The summed E-state index contributed by atoms with van der Waals surface area (Å²) in [5.74, 6) is -1.22. The molecular weight excluding hydrogens is 330 g/mol. The number of carbonyl (C=O) groups is 1. The summed E-state index contributed by atoms with van der Waals surface area (Å²) < 4.78 is 28.5. The summed E-state index contributed by atoms with van der Waals surface area (Å²) in [6, 6.07) is 4.54. The number of benzene rings is 1. The third-order valence-electron chi connectivity index (χ3n) is 3.10. The molecule has 0 unspecified atom stereocenters. The van der Waals surface area contributed by atoms with Crippen LogP contribution in [0, 0.1) is 13.8 Å². The van der Waals surface area contributed by atoms with Crippen LogP contribution in [0.2, 0.25) is 5.15 Å². The number of nitrogens with one attached hydrogen (secondary N) is 1. The van der Waals surface area contributed by atoms with E-state index in [4.69, 9.17) is 11.6 Å². The lowest BCUT2D eigenvalue weighted by Gasteiger charge is -2.12. The van der Waals surface area contributed by atoms with Crippen molar-refractivity contribution in [3.63, 3.8) is 0 Å². The van der Waals surface area contributed by atoms with Crippen molar-refractivity contribution in [2.24, 2.45) is 7.05 Å². The molecule has 0 amide bonds. The van der Waals surface area contributed by atoms with Gasteiger partial charge in [0.25, 0.3) is 10.0 Å². The summed E-state index contributed by atoms with van der Waals surface area (Å²) in [6.07, 6.45) is 0. The number of hydrogen-bond acceptors (Lipinski definition) is 4. The van der Waals surface area contributed by atoms with Crippen LogP contribution < -0.4 is 4.72 Å². The number of carboxylic acids is 1. The van der Waals surface area contributed by atoms with E-state index in [-0.39, 0.29) is 27.0 Å². The van der Waals surface area contributed by atoms with E-state index in [1.165, 1.54) is 24.7 Å². The Morgan fingerprint density at radius 1 is 1.36 bits per heavy atom. The van der Waals surface area contributed by atoms with Gasteiger partial charge in [0.2, 0.25) is 0 Å². The largest absolute Gasteiger partial charge is 0.478 e. The molecule has 0 fully saturated rings. The first-order chi connectivity index (χ1) is 10.1. The average Bonchev–Trinajstić information content (AvgIpc) is 2.62. The summed E-state index contributed by atoms with van der Waals surface area (Å²) in [4.78, 5) is 11.2. The number of nitrogens with zero attached hydrogens (tertiary/aromatic N) is 2. The topological polar surface area (TPSA) is 101 Å². The maximum Gasteiger partial charge on any atom is 0.338 e. The van der Waals surface area contributed by atoms with E-state index in [1.807, 2.05) is 0 Å². The first-order valence-corrected chi connectivity index (χ1v) is 8.06. The van der Waals surface area contributed by atoms with Gasteiger partial charge in [-0.3, -0.25) is 9.40 Å². The van der Waals surface area contributed by atoms with Crippen molar-refractivity contribution in [2.75, 3.05) is 4.72 Å². The molecule has 0 aliphatic rings. The Morgan fingerprint density at radius 2 is 2.00 bits per heavy atom. The van der Waals surface area contributed by atoms with Crippen molar-refractivity contribution >= 4 is 33.3 Å². The molecule has 1 aromatic heterocycles. The second-order valence-electron chi connectivity index (χ2n) is 4.74. The molecule has 0 saturated carbocycles. The lowest BCUT2D eigenvalue weighted by Crippen LogP contribution is -2.17. The summed E-state index contributed by atoms with van der Waals surface area (Å²) in [5, 5.41) is 13.1. The van der Waals surface area contributed by atoms with Crippen molar-refractivity contribution in [3.05, 3.63) is 40.2 Å². The van der Waals surface area contributed by atoms with Crippen LogP contribution in [0.15, 0.2) is 23.1 Å². The van der Waals surface area contributed by atoms with Gasteiger partial charge in [0.05, 0.1) is 16.9 Å².